The Bertz CT molecular complexity index is 698. The van der Waals surface area contributed by atoms with E-state index in [0.29, 0.717) is 6.54 Å². The van der Waals surface area contributed by atoms with Gasteiger partial charge in [0.05, 0.1) is 19.3 Å². The number of nitrogens with zero attached hydrogens (tertiary/aromatic N) is 3. The third kappa shape index (κ3) is 6.41. The molecule has 5 nitrogen and oxygen atoms in total. The first-order valence-corrected chi connectivity index (χ1v) is 10.2. The lowest BCUT2D eigenvalue weighted by Crippen LogP contribution is -2.43. The summed E-state index contributed by atoms with van der Waals surface area (Å²) < 4.78 is 20.8. The molecule has 6 heteroatoms. The molecule has 154 valence electrons. The van der Waals surface area contributed by atoms with Gasteiger partial charge >= 0.3 is 0 Å². The molecule has 0 aliphatic carbocycles. The van der Waals surface area contributed by atoms with Gasteiger partial charge in [0, 0.05) is 57.7 Å². The van der Waals surface area contributed by atoms with Crippen LogP contribution in [0, 0.1) is 5.82 Å². The Morgan fingerprint density at radius 1 is 1.18 bits per heavy atom. The van der Waals surface area contributed by atoms with E-state index in [1.165, 1.54) is 17.8 Å². The minimum absolute atomic E-state index is 0.209. The molecule has 2 heterocycles. The fraction of sp³-hybridized carbons (Fsp3) is 0.545. The summed E-state index contributed by atoms with van der Waals surface area (Å²) in [6.07, 6.45) is 2.50. The lowest BCUT2D eigenvalue weighted by atomic mass is 10.2. The lowest BCUT2D eigenvalue weighted by Gasteiger charge is -2.31. The van der Waals surface area contributed by atoms with Crippen LogP contribution < -0.4 is 0 Å². The van der Waals surface area contributed by atoms with Gasteiger partial charge in [-0.25, -0.2) is 4.39 Å². The van der Waals surface area contributed by atoms with Crippen molar-refractivity contribution in [1.82, 2.24) is 14.4 Å². The standard InChI is InChI=1S/C22H32FN3O2/c1-2-22(27)18-25(11-10-24-12-14-28-15-13-24)17-21-4-3-9-26(21)16-19-5-7-20(23)8-6-19/h3-9,22,27H,2,10-18H2,1H3. The molecule has 1 saturated heterocycles. The summed E-state index contributed by atoms with van der Waals surface area (Å²) in [6, 6.07) is 10.8. The normalized spacial score (nSPS) is 16.6. The third-order valence-corrected chi connectivity index (χ3v) is 5.35. The molecule has 1 aromatic carbocycles. The number of hydrogen-bond donors (Lipinski definition) is 1. The van der Waals surface area contributed by atoms with Gasteiger partial charge in [0.2, 0.25) is 0 Å². The number of aliphatic hydroxyl groups is 1. The molecule has 1 aliphatic rings. The minimum Gasteiger partial charge on any atom is -0.392 e. The fourth-order valence-corrected chi connectivity index (χ4v) is 3.53. The Hall–Kier alpha value is -1.73. The highest BCUT2D eigenvalue weighted by Gasteiger charge is 2.16. The number of halogens is 1. The summed E-state index contributed by atoms with van der Waals surface area (Å²) in [5.74, 6) is -0.209. The molecule has 1 N–H and O–H groups in total. The third-order valence-electron chi connectivity index (χ3n) is 5.35. The zero-order valence-electron chi connectivity index (χ0n) is 16.8. The van der Waals surface area contributed by atoms with Gasteiger partial charge in [-0.05, 0) is 36.2 Å². The van der Waals surface area contributed by atoms with Gasteiger partial charge < -0.3 is 14.4 Å². The van der Waals surface area contributed by atoms with E-state index in [9.17, 15) is 9.50 Å². The van der Waals surface area contributed by atoms with Crippen LogP contribution in [0.1, 0.15) is 24.6 Å². The molecular formula is C22H32FN3O2. The topological polar surface area (TPSA) is 40.9 Å². The number of aromatic nitrogens is 1. The van der Waals surface area contributed by atoms with Crippen molar-refractivity contribution in [2.75, 3.05) is 45.9 Å². The number of ether oxygens (including phenoxy) is 1. The first-order chi connectivity index (χ1) is 13.6. The highest BCUT2D eigenvalue weighted by Crippen LogP contribution is 2.12. The number of aliphatic hydroxyl groups excluding tert-OH is 1. The van der Waals surface area contributed by atoms with Crippen molar-refractivity contribution in [3.8, 4) is 0 Å². The predicted molar refractivity (Wildman–Crippen MR) is 109 cm³/mol. The molecule has 2 aromatic rings. The molecule has 28 heavy (non-hydrogen) atoms. The predicted octanol–water partition coefficient (Wildman–Crippen LogP) is 2.58. The van der Waals surface area contributed by atoms with Crippen LogP contribution in [-0.2, 0) is 17.8 Å². The van der Waals surface area contributed by atoms with Crippen molar-refractivity contribution in [2.45, 2.75) is 32.5 Å². The molecule has 0 spiro atoms. The number of hydrogen-bond acceptors (Lipinski definition) is 4. The SMILES string of the molecule is CCC(O)CN(CCN1CCOCC1)Cc1cccn1Cc1ccc(F)cc1. The van der Waals surface area contributed by atoms with Gasteiger partial charge in [-0.1, -0.05) is 19.1 Å². The largest absolute Gasteiger partial charge is 0.392 e. The maximum Gasteiger partial charge on any atom is 0.123 e. The summed E-state index contributed by atoms with van der Waals surface area (Å²) in [5.41, 5.74) is 2.28. The van der Waals surface area contributed by atoms with E-state index in [2.05, 4.69) is 32.7 Å². The number of benzene rings is 1. The van der Waals surface area contributed by atoms with Crippen molar-refractivity contribution in [1.29, 1.82) is 0 Å². The van der Waals surface area contributed by atoms with Crippen molar-refractivity contribution in [3.05, 3.63) is 59.7 Å². The van der Waals surface area contributed by atoms with E-state index in [4.69, 9.17) is 4.74 Å². The highest BCUT2D eigenvalue weighted by molar-refractivity contribution is 5.18. The molecule has 1 atom stereocenters. The molecule has 1 fully saturated rings. The summed E-state index contributed by atoms with van der Waals surface area (Å²) in [5, 5.41) is 10.2. The van der Waals surface area contributed by atoms with Crippen LogP contribution in [0.3, 0.4) is 0 Å². The van der Waals surface area contributed by atoms with E-state index in [1.807, 2.05) is 19.1 Å². The number of rotatable bonds is 10. The van der Waals surface area contributed by atoms with Gasteiger partial charge in [0.25, 0.3) is 0 Å². The van der Waals surface area contributed by atoms with E-state index in [0.717, 1.165) is 64.5 Å². The van der Waals surface area contributed by atoms with Crippen LogP contribution in [-0.4, -0.2) is 71.5 Å². The van der Waals surface area contributed by atoms with Crippen molar-refractivity contribution >= 4 is 0 Å². The van der Waals surface area contributed by atoms with Crippen LogP contribution in [0.4, 0.5) is 4.39 Å². The Morgan fingerprint density at radius 3 is 2.64 bits per heavy atom. The highest BCUT2D eigenvalue weighted by atomic mass is 19.1. The molecule has 3 rings (SSSR count). The number of morpholine rings is 1. The second-order valence-corrected chi connectivity index (χ2v) is 7.51. The molecule has 0 saturated carbocycles. The second-order valence-electron chi connectivity index (χ2n) is 7.51. The molecule has 0 amide bonds. The molecule has 0 radical (unpaired) electrons. The van der Waals surface area contributed by atoms with Crippen molar-refractivity contribution in [3.63, 3.8) is 0 Å². The van der Waals surface area contributed by atoms with E-state index < -0.39 is 0 Å². The van der Waals surface area contributed by atoms with Gasteiger partial charge in [-0.3, -0.25) is 9.80 Å². The first kappa shape index (κ1) is 21.0. The maximum atomic E-state index is 13.2. The van der Waals surface area contributed by atoms with Crippen LogP contribution in [0.15, 0.2) is 42.6 Å². The fourth-order valence-electron chi connectivity index (χ4n) is 3.53. The molecule has 1 aromatic heterocycles. The summed E-state index contributed by atoms with van der Waals surface area (Å²) in [7, 11) is 0. The van der Waals surface area contributed by atoms with Gasteiger partial charge in [-0.15, -0.1) is 0 Å². The minimum atomic E-state index is -0.315. The zero-order valence-corrected chi connectivity index (χ0v) is 16.8. The molecular weight excluding hydrogens is 357 g/mol. The van der Waals surface area contributed by atoms with Gasteiger partial charge in [0.15, 0.2) is 0 Å². The zero-order chi connectivity index (χ0) is 19.8. The Labute approximate surface area is 167 Å². The van der Waals surface area contributed by atoms with E-state index in [1.54, 1.807) is 0 Å². The average molecular weight is 390 g/mol. The van der Waals surface area contributed by atoms with Crippen LogP contribution in [0.2, 0.25) is 0 Å². The quantitative estimate of drug-likeness (QED) is 0.678. The second kappa shape index (κ2) is 10.7. The van der Waals surface area contributed by atoms with Gasteiger partial charge in [-0.2, -0.15) is 0 Å². The summed E-state index contributed by atoms with van der Waals surface area (Å²) >= 11 is 0. The Kier molecular flexibility index (Phi) is 8.03. The molecule has 0 bridgehead atoms. The lowest BCUT2D eigenvalue weighted by molar-refractivity contribution is 0.0288. The van der Waals surface area contributed by atoms with Crippen molar-refractivity contribution in [2.24, 2.45) is 0 Å². The maximum absolute atomic E-state index is 13.2. The van der Waals surface area contributed by atoms with Crippen LogP contribution in [0.5, 0.6) is 0 Å². The monoisotopic (exact) mass is 389 g/mol. The molecule has 1 aliphatic heterocycles. The molecule has 1 unspecified atom stereocenters. The van der Waals surface area contributed by atoms with E-state index >= 15 is 0 Å². The van der Waals surface area contributed by atoms with E-state index in [-0.39, 0.29) is 11.9 Å². The summed E-state index contributed by atoms with van der Waals surface area (Å²) in [6.45, 7) is 9.65. The average Bonchev–Trinajstić information content (AvgIpc) is 3.15. The van der Waals surface area contributed by atoms with Crippen LogP contribution in [0.25, 0.3) is 0 Å². The Morgan fingerprint density at radius 2 is 1.93 bits per heavy atom. The smallest absolute Gasteiger partial charge is 0.123 e. The summed E-state index contributed by atoms with van der Waals surface area (Å²) in [4.78, 5) is 4.76. The van der Waals surface area contributed by atoms with Crippen molar-refractivity contribution < 1.29 is 14.2 Å². The van der Waals surface area contributed by atoms with Crippen LogP contribution >= 0.6 is 0 Å². The van der Waals surface area contributed by atoms with Gasteiger partial charge in [0.1, 0.15) is 5.82 Å². The first-order valence-electron chi connectivity index (χ1n) is 10.2. The Balaban J connectivity index is 1.62.